The first-order valence-electron chi connectivity index (χ1n) is 7.77. The first-order chi connectivity index (χ1) is 10.7. The Balaban J connectivity index is 1.75. The van der Waals surface area contributed by atoms with Crippen molar-refractivity contribution in [2.24, 2.45) is 0 Å². The van der Waals surface area contributed by atoms with Crippen molar-refractivity contribution in [1.29, 1.82) is 0 Å². The number of alkyl carbamates (subject to hydrolysis) is 1. The molecule has 0 atom stereocenters. The molecule has 1 amide bonds. The third kappa shape index (κ3) is 5.84. The molecule has 128 valence electrons. The molecule has 0 bridgehead atoms. The van der Waals surface area contributed by atoms with Gasteiger partial charge in [0, 0.05) is 30.6 Å². The van der Waals surface area contributed by atoms with Gasteiger partial charge in [0.15, 0.2) is 0 Å². The Hall–Kier alpha value is -1.60. The third-order valence-corrected chi connectivity index (χ3v) is 4.62. The number of ether oxygens (including phenoxy) is 1. The van der Waals surface area contributed by atoms with Crippen molar-refractivity contribution in [2.45, 2.75) is 51.8 Å². The maximum Gasteiger partial charge on any atom is 0.407 e. The van der Waals surface area contributed by atoms with E-state index in [1.807, 2.05) is 26.8 Å². The second-order valence-corrected chi connectivity index (χ2v) is 7.94. The van der Waals surface area contributed by atoms with Crippen LogP contribution < -0.4 is 5.32 Å². The molecular weight excluding hydrogens is 316 g/mol. The summed E-state index contributed by atoms with van der Waals surface area (Å²) in [6.45, 7) is 8.06. The van der Waals surface area contributed by atoms with Crippen LogP contribution in [0.2, 0.25) is 0 Å². The molecule has 0 saturated carbocycles. The Morgan fingerprint density at radius 1 is 1.35 bits per heavy atom. The van der Waals surface area contributed by atoms with Crippen molar-refractivity contribution in [3.8, 4) is 0 Å². The molecule has 1 aliphatic heterocycles. The van der Waals surface area contributed by atoms with Gasteiger partial charge < -0.3 is 15.2 Å². The normalized spacial score (nSPS) is 17.0. The Bertz CT molecular complexity index is 557. The van der Waals surface area contributed by atoms with E-state index >= 15 is 0 Å². The highest BCUT2D eigenvalue weighted by Gasteiger charge is 2.23. The van der Waals surface area contributed by atoms with Gasteiger partial charge in [0.1, 0.15) is 10.5 Å². The first kappa shape index (κ1) is 17.7. The fraction of sp³-hybridized carbons (Fsp3) is 0.625. The SMILES string of the molecule is CC(C)(C)OC(=O)NC1CCN(Cc2ccc(C(=O)O)s2)CC1. The van der Waals surface area contributed by atoms with E-state index in [0.29, 0.717) is 4.88 Å². The second-order valence-electron chi connectivity index (χ2n) is 6.77. The Kier molecular flexibility index (Phi) is 5.64. The van der Waals surface area contributed by atoms with Gasteiger partial charge in [0.05, 0.1) is 0 Å². The van der Waals surface area contributed by atoms with Gasteiger partial charge in [-0.2, -0.15) is 0 Å². The molecule has 0 unspecified atom stereocenters. The summed E-state index contributed by atoms with van der Waals surface area (Å²) in [4.78, 5) is 26.4. The van der Waals surface area contributed by atoms with Crippen molar-refractivity contribution >= 4 is 23.4 Å². The van der Waals surface area contributed by atoms with E-state index in [-0.39, 0.29) is 12.1 Å². The lowest BCUT2D eigenvalue weighted by molar-refractivity contribution is 0.0477. The van der Waals surface area contributed by atoms with Crippen LogP contribution in [0.3, 0.4) is 0 Å². The quantitative estimate of drug-likeness (QED) is 0.881. The maximum absolute atomic E-state index is 11.8. The van der Waals surface area contributed by atoms with E-state index in [4.69, 9.17) is 9.84 Å². The molecule has 1 aromatic heterocycles. The van der Waals surface area contributed by atoms with Gasteiger partial charge in [-0.3, -0.25) is 4.90 Å². The van der Waals surface area contributed by atoms with Crippen LogP contribution in [0.4, 0.5) is 4.79 Å². The summed E-state index contributed by atoms with van der Waals surface area (Å²) in [7, 11) is 0. The fourth-order valence-corrected chi connectivity index (χ4v) is 3.40. The second kappa shape index (κ2) is 7.31. The zero-order valence-corrected chi connectivity index (χ0v) is 14.6. The largest absolute Gasteiger partial charge is 0.477 e. The van der Waals surface area contributed by atoms with Crippen LogP contribution in [0.1, 0.15) is 48.2 Å². The zero-order valence-electron chi connectivity index (χ0n) is 13.8. The smallest absolute Gasteiger partial charge is 0.407 e. The van der Waals surface area contributed by atoms with Crippen LogP contribution in [-0.2, 0) is 11.3 Å². The van der Waals surface area contributed by atoms with E-state index < -0.39 is 11.6 Å². The van der Waals surface area contributed by atoms with Gasteiger partial charge in [0.25, 0.3) is 0 Å². The van der Waals surface area contributed by atoms with Gasteiger partial charge >= 0.3 is 12.1 Å². The number of carbonyl (C=O) groups excluding carboxylic acids is 1. The van der Waals surface area contributed by atoms with E-state index in [0.717, 1.165) is 37.4 Å². The number of likely N-dealkylation sites (tertiary alicyclic amines) is 1. The number of piperidine rings is 1. The number of nitrogens with zero attached hydrogens (tertiary/aromatic N) is 1. The molecule has 2 N–H and O–H groups in total. The number of hydrogen-bond acceptors (Lipinski definition) is 5. The molecule has 1 saturated heterocycles. The molecule has 7 heteroatoms. The molecule has 23 heavy (non-hydrogen) atoms. The number of carboxylic acid groups (broad SMARTS) is 1. The lowest BCUT2D eigenvalue weighted by Crippen LogP contribution is -2.45. The minimum absolute atomic E-state index is 0.138. The number of carbonyl (C=O) groups is 2. The van der Waals surface area contributed by atoms with Gasteiger partial charge in [-0.1, -0.05) is 0 Å². The molecular formula is C16H24N2O4S. The third-order valence-electron chi connectivity index (χ3n) is 3.56. The number of nitrogens with one attached hydrogen (secondary N) is 1. The van der Waals surface area contributed by atoms with Crippen LogP contribution in [0, 0.1) is 0 Å². The van der Waals surface area contributed by atoms with Gasteiger partial charge in [-0.05, 0) is 45.7 Å². The lowest BCUT2D eigenvalue weighted by atomic mass is 10.1. The van der Waals surface area contributed by atoms with Crippen LogP contribution in [0.25, 0.3) is 0 Å². The molecule has 1 fully saturated rings. The summed E-state index contributed by atoms with van der Waals surface area (Å²) in [5.74, 6) is -0.874. The molecule has 2 heterocycles. The number of thiophene rings is 1. The number of hydrogen-bond donors (Lipinski definition) is 2. The van der Waals surface area contributed by atoms with Crippen molar-refractivity contribution in [3.05, 3.63) is 21.9 Å². The molecule has 6 nitrogen and oxygen atoms in total. The number of amides is 1. The number of aromatic carboxylic acids is 1. The molecule has 0 aliphatic carbocycles. The maximum atomic E-state index is 11.8. The highest BCUT2D eigenvalue weighted by atomic mass is 32.1. The monoisotopic (exact) mass is 340 g/mol. The molecule has 1 aliphatic rings. The molecule has 0 spiro atoms. The first-order valence-corrected chi connectivity index (χ1v) is 8.58. The Morgan fingerprint density at radius 3 is 2.52 bits per heavy atom. The predicted octanol–water partition coefficient (Wildman–Crippen LogP) is 2.94. The lowest BCUT2D eigenvalue weighted by Gasteiger charge is -2.32. The van der Waals surface area contributed by atoms with Crippen molar-refractivity contribution < 1.29 is 19.4 Å². The topological polar surface area (TPSA) is 78.9 Å². The summed E-state index contributed by atoms with van der Waals surface area (Å²) in [5.41, 5.74) is -0.480. The minimum atomic E-state index is -0.874. The van der Waals surface area contributed by atoms with Crippen molar-refractivity contribution in [3.63, 3.8) is 0 Å². The number of carboxylic acids is 1. The van der Waals surface area contributed by atoms with Crippen LogP contribution in [0.15, 0.2) is 12.1 Å². The van der Waals surface area contributed by atoms with E-state index in [1.54, 1.807) is 6.07 Å². The van der Waals surface area contributed by atoms with Crippen molar-refractivity contribution in [2.75, 3.05) is 13.1 Å². The zero-order chi connectivity index (χ0) is 17.0. The van der Waals surface area contributed by atoms with Crippen molar-refractivity contribution in [1.82, 2.24) is 10.2 Å². The predicted molar refractivity (Wildman–Crippen MR) is 88.9 cm³/mol. The van der Waals surface area contributed by atoms with Crippen LogP contribution >= 0.6 is 11.3 Å². The summed E-state index contributed by atoms with van der Waals surface area (Å²) >= 11 is 1.32. The summed E-state index contributed by atoms with van der Waals surface area (Å²) in [6.07, 6.45) is 1.38. The van der Waals surface area contributed by atoms with E-state index in [2.05, 4.69) is 10.2 Å². The van der Waals surface area contributed by atoms with Gasteiger partial charge in [-0.25, -0.2) is 9.59 Å². The Labute approximate surface area is 140 Å². The standard InChI is InChI=1S/C16H24N2O4S/c1-16(2,3)22-15(21)17-11-6-8-18(9-7-11)10-12-4-5-13(23-12)14(19)20/h4-5,11H,6-10H2,1-3H3,(H,17,21)(H,19,20). The summed E-state index contributed by atoms with van der Waals surface area (Å²) < 4.78 is 5.27. The fourth-order valence-electron chi connectivity index (χ4n) is 2.51. The molecule has 2 rings (SSSR count). The minimum Gasteiger partial charge on any atom is -0.477 e. The van der Waals surface area contributed by atoms with Gasteiger partial charge in [-0.15, -0.1) is 11.3 Å². The highest BCUT2D eigenvalue weighted by Crippen LogP contribution is 2.21. The van der Waals surface area contributed by atoms with Gasteiger partial charge in [0.2, 0.25) is 0 Å². The molecule has 1 aromatic rings. The average Bonchev–Trinajstić information content (AvgIpc) is 2.87. The van der Waals surface area contributed by atoms with Crippen LogP contribution in [0.5, 0.6) is 0 Å². The number of rotatable bonds is 4. The molecule has 0 radical (unpaired) electrons. The molecule has 0 aromatic carbocycles. The average molecular weight is 340 g/mol. The summed E-state index contributed by atoms with van der Waals surface area (Å²) in [6, 6.07) is 3.66. The van der Waals surface area contributed by atoms with E-state index in [9.17, 15) is 9.59 Å². The Morgan fingerprint density at radius 2 is 2.00 bits per heavy atom. The van der Waals surface area contributed by atoms with Crippen LogP contribution in [-0.4, -0.2) is 46.8 Å². The summed E-state index contributed by atoms with van der Waals surface area (Å²) in [5, 5.41) is 11.9. The highest BCUT2D eigenvalue weighted by molar-refractivity contribution is 7.13. The van der Waals surface area contributed by atoms with E-state index in [1.165, 1.54) is 11.3 Å².